The molecule has 0 amide bonds. The van der Waals surface area contributed by atoms with Crippen LogP contribution in [-0.4, -0.2) is 194 Å². The van der Waals surface area contributed by atoms with Gasteiger partial charge in [-0.1, -0.05) is 120 Å². The number of aliphatic carboxylic acids is 2. The fraction of sp³-hybridized carbons (Fsp3) is 0.621. The Balaban J connectivity index is 0.000000527. The number of hydrogen-bond donors (Lipinski definition) is 2. The van der Waals surface area contributed by atoms with Gasteiger partial charge in [0.25, 0.3) is 0 Å². The van der Waals surface area contributed by atoms with Gasteiger partial charge in [-0.3, -0.25) is 76.4 Å². The van der Waals surface area contributed by atoms with Crippen LogP contribution in [0.25, 0.3) is 0 Å². The van der Waals surface area contributed by atoms with Crippen LogP contribution < -0.4 is 56.5 Å². The van der Waals surface area contributed by atoms with E-state index in [0.29, 0.717) is 81.4 Å². The molecule has 0 radical (unpaired) electrons. The molecule has 5 aromatic rings. The van der Waals surface area contributed by atoms with Gasteiger partial charge in [-0.25, -0.2) is 4.79 Å². The zero-order chi connectivity index (χ0) is 101. The van der Waals surface area contributed by atoms with E-state index in [1.165, 1.54) is 64.2 Å². The predicted molar refractivity (Wildman–Crippen MR) is 483 cm³/mol. The van der Waals surface area contributed by atoms with Gasteiger partial charge in [0.1, 0.15) is 6.42 Å². The molecule has 4 unspecified atom stereocenters. The minimum atomic E-state index is -5.37. The maximum Gasteiger partial charge on any atom is 1.00 e. The van der Waals surface area contributed by atoms with Crippen molar-refractivity contribution in [2.24, 2.45) is 47.3 Å². The first kappa shape index (κ1) is 125. The second kappa shape index (κ2) is 69.5. The van der Waals surface area contributed by atoms with Crippen molar-refractivity contribution in [1.82, 2.24) is 24.9 Å². The monoisotopic (exact) mass is 2030 g/mol. The zero-order valence-corrected chi connectivity index (χ0v) is 84.7. The summed E-state index contributed by atoms with van der Waals surface area (Å²) in [5.74, 6) is -4.44. The van der Waals surface area contributed by atoms with E-state index in [0.717, 1.165) is 118 Å². The van der Waals surface area contributed by atoms with Crippen molar-refractivity contribution in [1.29, 1.82) is 0 Å². The molecular formula is C95H131ClF6KN5O27S2. The summed E-state index contributed by atoms with van der Waals surface area (Å²) < 4.78 is 152. The third-order valence-electron chi connectivity index (χ3n) is 20.9. The maximum atomic E-state index is 13.1. The summed E-state index contributed by atoms with van der Waals surface area (Å²) in [6.07, 6.45) is 33.2. The Morgan fingerprint density at radius 2 is 0.693 bits per heavy atom. The smallest absolute Gasteiger partial charge is 0.550 e. The number of nitrogens with zero attached hydrogens (tertiary/aromatic N) is 5. The Hall–Kier alpha value is -8.39. The number of ether oxygens (including phenoxy) is 7. The number of ketones is 2. The molecule has 4 atom stereocenters. The van der Waals surface area contributed by atoms with E-state index in [1.807, 2.05) is 67.6 Å². The van der Waals surface area contributed by atoms with Crippen molar-refractivity contribution < 1.29 is 204 Å². The van der Waals surface area contributed by atoms with Crippen LogP contribution in [0.2, 0.25) is 0 Å². The molecular weight excluding hydrogens is 1900 g/mol. The quantitative estimate of drug-likeness (QED) is 0.00534. The largest absolute Gasteiger partial charge is 1.00 e. The van der Waals surface area contributed by atoms with Gasteiger partial charge >= 0.3 is 130 Å². The van der Waals surface area contributed by atoms with E-state index in [-0.39, 0.29) is 127 Å². The molecule has 2 N–H and O–H groups in total. The Kier molecular flexibility index (Phi) is 63.2. The topological polar surface area (TPSA) is 467 Å². The summed E-state index contributed by atoms with van der Waals surface area (Å²) in [6, 6.07) is 27.5. The molecule has 7 aliphatic rings. The number of halogens is 7. The molecule has 0 spiro atoms. The van der Waals surface area contributed by atoms with Crippen molar-refractivity contribution in [2.45, 2.75) is 263 Å². The molecule has 7 fully saturated rings. The summed E-state index contributed by atoms with van der Waals surface area (Å²) >= 11 is 4.72. The number of alkyl halides is 6. The van der Waals surface area contributed by atoms with Gasteiger partial charge in [-0.2, -0.15) is 43.2 Å². The molecule has 7 saturated carbocycles. The molecule has 137 heavy (non-hydrogen) atoms. The predicted octanol–water partition coefficient (Wildman–Crippen LogP) is 13.2. The van der Waals surface area contributed by atoms with Crippen LogP contribution >= 0.6 is 11.6 Å². The maximum absolute atomic E-state index is 13.1. The fourth-order valence-electron chi connectivity index (χ4n) is 12.4. The normalized spacial score (nSPS) is 15.2. The van der Waals surface area contributed by atoms with E-state index in [4.69, 9.17) is 45.5 Å². The summed E-state index contributed by atoms with van der Waals surface area (Å²) in [7, 11) is -10.7. The molecule has 0 saturated heterocycles. The van der Waals surface area contributed by atoms with Crippen molar-refractivity contribution in [3.63, 3.8) is 0 Å². The fourth-order valence-corrected chi connectivity index (χ4v) is 13.5. The number of aliphatic hydroxyl groups excluding tert-OH is 1. The third kappa shape index (κ3) is 59.1. The van der Waals surface area contributed by atoms with Gasteiger partial charge in [-0.05, 0) is 221 Å². The number of pyridine rings is 5. The number of carbonyl (C=O) groups excluding carboxylic acids is 10. The molecule has 0 aromatic carbocycles. The van der Waals surface area contributed by atoms with Gasteiger partial charge in [0.05, 0.1) is 130 Å². The van der Waals surface area contributed by atoms with Gasteiger partial charge in [0.15, 0.2) is 11.6 Å². The van der Waals surface area contributed by atoms with E-state index < -0.39 is 102 Å². The molecule has 0 bridgehead atoms. The number of hydrogen-bond acceptors (Lipinski definition) is 31. The van der Waals surface area contributed by atoms with Gasteiger partial charge in [0.2, 0.25) is 5.92 Å². The molecule has 42 heteroatoms. The molecule has 12 rings (SSSR count). The van der Waals surface area contributed by atoms with Crippen molar-refractivity contribution in [3.05, 3.63) is 150 Å². The number of rotatable bonds is 46. The number of esters is 6. The van der Waals surface area contributed by atoms with Crippen LogP contribution in [0, 0.1) is 47.3 Å². The Bertz CT molecular complexity index is 4470. The first-order valence-corrected chi connectivity index (χ1v) is 49.2. The van der Waals surface area contributed by atoms with Crippen molar-refractivity contribution >= 4 is 96.6 Å². The average Bonchev–Trinajstić information content (AvgIpc) is 1.77. The molecule has 760 valence electrons. The van der Waals surface area contributed by atoms with Crippen LogP contribution in [0.5, 0.6) is 0 Å². The van der Waals surface area contributed by atoms with Crippen LogP contribution in [0.1, 0.15) is 274 Å². The average molecular weight is 2030 g/mol. The van der Waals surface area contributed by atoms with Crippen molar-refractivity contribution in [2.75, 3.05) is 66.1 Å². The van der Waals surface area contributed by atoms with Gasteiger partial charge in [0, 0.05) is 49.2 Å². The first-order valence-electron chi connectivity index (χ1n) is 46.1. The molecule has 0 aliphatic heterocycles. The van der Waals surface area contributed by atoms with Crippen LogP contribution in [-0.2, 0) is 116 Å². The van der Waals surface area contributed by atoms with E-state index in [1.54, 1.807) is 103 Å². The summed E-state index contributed by atoms with van der Waals surface area (Å²) in [6.45, 7) is 13.5. The summed E-state index contributed by atoms with van der Waals surface area (Å²) in [5, 5.41) is 27.1. The summed E-state index contributed by atoms with van der Waals surface area (Å²) in [4.78, 5) is 146. The van der Waals surface area contributed by atoms with Crippen LogP contribution in [0.3, 0.4) is 0 Å². The van der Waals surface area contributed by atoms with E-state index in [9.17, 15) is 101 Å². The number of Topliss-reactive ketones (excluding diaryl/α,β-unsaturated/α-hetero) is 2. The molecule has 5 aromatic heterocycles. The zero-order valence-electron chi connectivity index (χ0n) is 79.1. The minimum Gasteiger partial charge on any atom is -0.550 e. The second-order valence-corrected chi connectivity index (χ2v) is 35.9. The standard InChI is InChI=1S/C19H25NO5.C16H21NO3.C14H19NO2.C12H15NO2.C9H11NO2.2C6H9F3O3S.C5H8O4.C5H10O.C3H5ClO2.K/c1-3-24-18(22)16(19(23)25-4-2)17(21)14(11-10-13-8-9-13)15-7-5-6-12-20-15;1-2-20-16(19)11-15(18)13(9-8-12-6-7-12)14-5-3-4-10-17-14;1-2-17-14(16)12(9-8-11-6-7-11)13-5-3-4-10-15-13;14-12(15)10(7-6-9-4-5-9)11-3-1-2-8-13-11;1-2-12-9(11)7-8-5-3-4-6-10-8;2*7-6(8,9)13(10,11)12-4-3-5-1-2-5;1-2-9-5(8)3-4(6)7;6-4-3-5-1-2-5;1-2-6-3(4)5;/h5-7,12-14,16H,3-4,8-11H2,1-2H3;3-5,10,12-13H,2,6-9,11H2,1H3;3-5,10-12H,2,6-9H2,1H3;1-3,8-10H,4-7H2,(H,14,15);3-6H,2,7H2,1H3;2*5H,1-4H2;2-3H2,1H3,(H,6,7);5-6H,1-4H2;2H2,1H3;/q;;;;;;;;;;+1/p-1. The number of carboxylic acid groups (broad SMARTS) is 2. The third-order valence-corrected chi connectivity index (χ3v) is 23.1. The Morgan fingerprint density at radius 3 is 0.993 bits per heavy atom. The van der Waals surface area contributed by atoms with E-state index in [2.05, 4.69) is 42.8 Å². The molecule has 32 nitrogen and oxygen atoms in total. The number of carboxylic acids is 2. The first-order chi connectivity index (χ1) is 64.7. The SMILES string of the molecule is CCOC(=O)C(C(=O)OCC)C(=O)C(CCC1CC1)c1ccccn1.CCOC(=O)C(CCC1CC1)c1ccccn1.CCOC(=O)CC(=O)C(CCC1CC1)c1ccccn1.CCOC(=O)CC(=O)[O-].CCOC(=O)Cc1ccccn1.CCOC(=O)Cl.O=C(O)C(CCC1CC1)c1ccccn1.O=S(=O)(OCCC1CC1)C(F)(F)F.O=S(=O)(OCCC1CC1)C(F)(F)F.OCCC1CC1.[K+]. The number of aliphatic hydroxyl groups is 1. The Morgan fingerprint density at radius 1 is 0.394 bits per heavy atom. The molecule has 7 aliphatic carbocycles. The molecule has 5 heterocycles. The van der Waals surface area contributed by atoms with Gasteiger partial charge in [-0.15, -0.1) is 0 Å². The Labute approximate surface area is 845 Å². The number of aromatic nitrogens is 5. The number of carbonyl (C=O) groups is 11. The minimum absolute atomic E-state index is 0. The van der Waals surface area contributed by atoms with Crippen molar-refractivity contribution in [3.8, 4) is 0 Å². The summed E-state index contributed by atoms with van der Waals surface area (Å²) in [5.41, 5.74) is -7.72. The second-order valence-electron chi connectivity index (χ2n) is 32.4. The van der Waals surface area contributed by atoms with Crippen LogP contribution in [0.4, 0.5) is 31.1 Å². The van der Waals surface area contributed by atoms with E-state index >= 15 is 0 Å². The van der Waals surface area contributed by atoms with Crippen LogP contribution in [0.15, 0.2) is 122 Å². The van der Waals surface area contributed by atoms with Gasteiger partial charge < -0.3 is 53.3 Å².